The minimum absolute atomic E-state index is 0.0358. The predicted octanol–water partition coefficient (Wildman–Crippen LogP) is 2.61. The highest BCUT2D eigenvalue weighted by molar-refractivity contribution is 7.92. The fourth-order valence-electron chi connectivity index (χ4n) is 2.68. The number of hydrogen-bond donors (Lipinski definition) is 1. The number of rotatable bonds is 6. The molecule has 4 rings (SSSR count). The third kappa shape index (κ3) is 4.15. The van der Waals surface area contributed by atoms with Crippen molar-refractivity contribution in [3.05, 3.63) is 66.9 Å². The van der Waals surface area contributed by atoms with E-state index in [4.69, 9.17) is 4.74 Å². The lowest BCUT2D eigenvalue weighted by Gasteiger charge is -2.09. The quantitative estimate of drug-likeness (QED) is 0.505. The molecule has 0 bridgehead atoms. The Hall–Kier alpha value is -3.73. The van der Waals surface area contributed by atoms with Gasteiger partial charge in [-0.1, -0.05) is 0 Å². The number of sulfonamides is 1. The third-order valence-corrected chi connectivity index (χ3v) is 5.51. The van der Waals surface area contributed by atoms with Crippen LogP contribution >= 0.6 is 0 Å². The van der Waals surface area contributed by atoms with Crippen molar-refractivity contribution in [1.29, 1.82) is 0 Å². The van der Waals surface area contributed by atoms with Gasteiger partial charge in [0, 0.05) is 37.4 Å². The average molecular weight is 425 g/mol. The molecule has 0 fully saturated rings. The van der Waals surface area contributed by atoms with E-state index in [1.165, 1.54) is 6.20 Å². The molecule has 3 heterocycles. The lowest BCUT2D eigenvalue weighted by molar-refractivity contribution is 0.459. The lowest BCUT2D eigenvalue weighted by Crippen LogP contribution is -2.13. The summed E-state index contributed by atoms with van der Waals surface area (Å²) in [6.07, 6.45) is 6.53. The van der Waals surface area contributed by atoms with Gasteiger partial charge in [-0.3, -0.25) is 9.29 Å². The minimum Gasteiger partial charge on any atom is -0.439 e. The van der Waals surface area contributed by atoms with Crippen LogP contribution in [0.15, 0.2) is 60.3 Å². The summed E-state index contributed by atoms with van der Waals surface area (Å²) in [5, 5.41) is -0.0358. The molecule has 0 aliphatic carbocycles. The predicted molar refractivity (Wildman–Crippen MR) is 109 cm³/mol. The van der Waals surface area contributed by atoms with Crippen molar-refractivity contribution >= 4 is 15.7 Å². The minimum atomic E-state index is -3.78. The maximum atomic E-state index is 12.5. The van der Waals surface area contributed by atoms with Crippen molar-refractivity contribution < 1.29 is 13.2 Å². The van der Waals surface area contributed by atoms with E-state index in [9.17, 15) is 8.42 Å². The Morgan fingerprint density at radius 2 is 1.83 bits per heavy atom. The van der Waals surface area contributed by atoms with E-state index in [0.29, 0.717) is 34.8 Å². The molecule has 0 saturated heterocycles. The summed E-state index contributed by atoms with van der Waals surface area (Å²) >= 11 is 0. The van der Waals surface area contributed by atoms with Crippen LogP contribution < -0.4 is 9.46 Å². The molecule has 3 aromatic heterocycles. The second-order valence-corrected chi connectivity index (χ2v) is 8.18. The van der Waals surface area contributed by atoms with E-state index in [0.717, 1.165) is 0 Å². The van der Waals surface area contributed by atoms with Crippen LogP contribution in [-0.2, 0) is 17.1 Å². The molecular weight excluding hydrogens is 406 g/mol. The van der Waals surface area contributed by atoms with Crippen LogP contribution in [0, 0.1) is 13.8 Å². The van der Waals surface area contributed by atoms with Gasteiger partial charge in [-0.25, -0.2) is 15.0 Å². The highest BCUT2D eigenvalue weighted by Crippen LogP contribution is 2.24. The number of hydrogen-bond acceptors (Lipinski definition) is 7. The van der Waals surface area contributed by atoms with Crippen LogP contribution in [0.3, 0.4) is 0 Å². The molecule has 30 heavy (non-hydrogen) atoms. The second kappa shape index (κ2) is 7.59. The molecule has 10 nitrogen and oxygen atoms in total. The second-order valence-electron chi connectivity index (χ2n) is 6.55. The fraction of sp³-hybridized carbons (Fsp3) is 0.158. The summed E-state index contributed by atoms with van der Waals surface area (Å²) < 4.78 is 36.7. The van der Waals surface area contributed by atoms with E-state index in [-0.39, 0.29) is 5.03 Å². The van der Waals surface area contributed by atoms with Crippen LogP contribution in [0.25, 0.3) is 5.82 Å². The zero-order valence-electron chi connectivity index (χ0n) is 16.5. The van der Waals surface area contributed by atoms with Crippen molar-refractivity contribution in [2.75, 3.05) is 4.72 Å². The first-order chi connectivity index (χ1) is 14.3. The van der Waals surface area contributed by atoms with Gasteiger partial charge in [-0.15, -0.1) is 0 Å². The largest absolute Gasteiger partial charge is 0.439 e. The summed E-state index contributed by atoms with van der Waals surface area (Å²) in [6.45, 7) is 3.50. The van der Waals surface area contributed by atoms with E-state index in [2.05, 4.69) is 24.7 Å². The first kappa shape index (κ1) is 19.6. The standard InChI is InChI=1S/C19H19N7O3S/c1-13-21-17(26-9-8-20-12-26)10-18(22-13)29-16-6-4-15(5-7-16)24-30(27,28)19-11-25(3)14(2)23-19/h4-12,24H,1-3H3. The number of aryl methyl sites for hydroxylation is 3. The SMILES string of the molecule is Cc1nc(Oc2ccc(NS(=O)(=O)c3cn(C)c(C)n3)cc2)cc(-n2ccnc2)n1. The van der Waals surface area contributed by atoms with Crippen LogP contribution in [0.2, 0.25) is 0 Å². The highest BCUT2D eigenvalue weighted by atomic mass is 32.2. The van der Waals surface area contributed by atoms with Crippen molar-refractivity contribution in [2.24, 2.45) is 7.05 Å². The zero-order valence-corrected chi connectivity index (χ0v) is 17.3. The normalized spacial score (nSPS) is 11.4. The summed E-state index contributed by atoms with van der Waals surface area (Å²) in [7, 11) is -2.04. The van der Waals surface area contributed by atoms with Gasteiger partial charge >= 0.3 is 0 Å². The van der Waals surface area contributed by atoms with E-state index >= 15 is 0 Å². The molecule has 1 N–H and O–H groups in total. The monoisotopic (exact) mass is 425 g/mol. The first-order valence-electron chi connectivity index (χ1n) is 8.95. The molecule has 0 spiro atoms. The summed E-state index contributed by atoms with van der Waals surface area (Å²) in [5.74, 6) is 2.65. The molecule has 1 aromatic carbocycles. The van der Waals surface area contributed by atoms with Gasteiger partial charge in [-0.05, 0) is 38.1 Å². The Morgan fingerprint density at radius 3 is 2.47 bits per heavy atom. The number of aromatic nitrogens is 6. The Kier molecular flexibility index (Phi) is 4.96. The molecule has 11 heteroatoms. The zero-order chi connectivity index (χ0) is 21.3. The third-order valence-electron chi connectivity index (χ3n) is 4.26. The molecule has 0 amide bonds. The lowest BCUT2D eigenvalue weighted by atomic mass is 10.3. The molecule has 0 saturated carbocycles. The molecular formula is C19H19N7O3S. The summed E-state index contributed by atoms with van der Waals surface area (Å²) in [6, 6.07) is 8.20. The van der Waals surface area contributed by atoms with Gasteiger partial charge in [0.15, 0.2) is 5.03 Å². The number of ether oxygens (including phenoxy) is 1. The Balaban J connectivity index is 1.50. The topological polar surface area (TPSA) is 117 Å². The molecule has 0 radical (unpaired) electrons. The molecule has 0 unspecified atom stereocenters. The highest BCUT2D eigenvalue weighted by Gasteiger charge is 2.18. The number of benzene rings is 1. The Bertz CT molecular complexity index is 1260. The van der Waals surface area contributed by atoms with Crippen molar-refractivity contribution in [3.63, 3.8) is 0 Å². The molecule has 0 aliphatic rings. The van der Waals surface area contributed by atoms with E-state index in [1.807, 2.05) is 0 Å². The van der Waals surface area contributed by atoms with Gasteiger partial charge in [0.05, 0.1) is 0 Å². The van der Waals surface area contributed by atoms with Crippen LogP contribution in [0.1, 0.15) is 11.6 Å². The molecule has 0 aliphatic heterocycles. The molecule has 0 atom stereocenters. The first-order valence-corrected chi connectivity index (χ1v) is 10.4. The summed E-state index contributed by atoms with van der Waals surface area (Å²) in [4.78, 5) is 16.7. The van der Waals surface area contributed by atoms with E-state index in [1.54, 1.807) is 79.1 Å². The van der Waals surface area contributed by atoms with Gasteiger partial charge in [-0.2, -0.15) is 13.4 Å². The number of anilines is 1. The smallest absolute Gasteiger partial charge is 0.280 e. The van der Waals surface area contributed by atoms with Gasteiger partial charge in [0.25, 0.3) is 10.0 Å². The van der Waals surface area contributed by atoms with Crippen molar-refractivity contribution in [3.8, 4) is 17.4 Å². The number of imidazole rings is 2. The molecule has 154 valence electrons. The fourth-order valence-corrected chi connectivity index (χ4v) is 3.78. The Labute approximate surface area is 173 Å². The van der Waals surface area contributed by atoms with Crippen LogP contribution in [0.5, 0.6) is 11.6 Å². The van der Waals surface area contributed by atoms with E-state index < -0.39 is 10.0 Å². The van der Waals surface area contributed by atoms with Crippen LogP contribution in [0.4, 0.5) is 5.69 Å². The summed E-state index contributed by atoms with van der Waals surface area (Å²) in [5.41, 5.74) is 0.392. The van der Waals surface area contributed by atoms with Crippen molar-refractivity contribution in [1.82, 2.24) is 29.1 Å². The molecule has 4 aromatic rings. The maximum Gasteiger partial charge on any atom is 0.280 e. The van der Waals surface area contributed by atoms with Crippen molar-refractivity contribution in [2.45, 2.75) is 18.9 Å². The number of nitrogens with zero attached hydrogens (tertiary/aromatic N) is 6. The average Bonchev–Trinajstić information content (AvgIpc) is 3.34. The van der Waals surface area contributed by atoms with Gasteiger partial charge < -0.3 is 9.30 Å². The van der Waals surface area contributed by atoms with Crippen LogP contribution in [-0.4, -0.2) is 37.5 Å². The van der Waals surface area contributed by atoms with Gasteiger partial charge in [0.2, 0.25) is 5.88 Å². The Morgan fingerprint density at radius 1 is 1.07 bits per heavy atom. The maximum absolute atomic E-state index is 12.5. The van der Waals surface area contributed by atoms with Gasteiger partial charge in [0.1, 0.15) is 29.5 Å². The number of nitrogens with one attached hydrogen (secondary N) is 1.